The summed E-state index contributed by atoms with van der Waals surface area (Å²) >= 11 is 3.06. The summed E-state index contributed by atoms with van der Waals surface area (Å²) in [5, 5.41) is 10.6. The number of hydrogen-bond acceptors (Lipinski definition) is 7. The number of nitriles is 1. The van der Waals surface area contributed by atoms with Crippen LogP contribution in [0, 0.1) is 25.2 Å². The zero-order chi connectivity index (χ0) is 18.6. The number of aryl methyl sites for hydroxylation is 2. The van der Waals surface area contributed by atoms with Crippen molar-refractivity contribution >= 4 is 37.9 Å². The molecule has 0 bridgehead atoms. The van der Waals surface area contributed by atoms with Crippen LogP contribution in [-0.2, 0) is 13.0 Å². The summed E-state index contributed by atoms with van der Waals surface area (Å²) in [6, 6.07) is 2.21. The molecule has 0 fully saturated rings. The number of nitrogens with zero attached hydrogens (tertiary/aromatic N) is 3. The number of fused-ring (bicyclic) bond motifs is 2. The van der Waals surface area contributed by atoms with Gasteiger partial charge in [0.05, 0.1) is 17.0 Å². The molecule has 4 heterocycles. The van der Waals surface area contributed by atoms with Gasteiger partial charge in [-0.25, -0.2) is 4.98 Å². The molecular formula is C18H19N5OS2. The van der Waals surface area contributed by atoms with Gasteiger partial charge >= 0.3 is 0 Å². The molecule has 0 spiro atoms. The van der Waals surface area contributed by atoms with Crippen molar-refractivity contribution in [1.82, 2.24) is 14.9 Å². The highest BCUT2D eigenvalue weighted by Crippen LogP contribution is 2.37. The molecule has 3 aromatic heterocycles. The monoisotopic (exact) mass is 385 g/mol. The lowest BCUT2D eigenvalue weighted by molar-refractivity contribution is 0.187. The normalized spacial score (nSPS) is 15.8. The molecule has 1 aliphatic rings. The lowest BCUT2D eigenvalue weighted by Crippen LogP contribution is -2.34. The van der Waals surface area contributed by atoms with Gasteiger partial charge in [-0.2, -0.15) is 5.26 Å². The van der Waals surface area contributed by atoms with Gasteiger partial charge in [-0.3, -0.25) is 9.69 Å². The second-order valence-electron chi connectivity index (χ2n) is 6.67. The van der Waals surface area contributed by atoms with E-state index in [0.717, 1.165) is 45.2 Å². The minimum Gasteiger partial charge on any atom is -0.389 e. The number of aromatic nitrogens is 2. The molecule has 6 nitrogen and oxygen atoms in total. The van der Waals surface area contributed by atoms with E-state index in [9.17, 15) is 10.1 Å². The van der Waals surface area contributed by atoms with Crippen LogP contribution in [0.25, 0.3) is 10.2 Å². The quantitative estimate of drug-likeness (QED) is 0.705. The summed E-state index contributed by atoms with van der Waals surface area (Å²) in [6.07, 6.45) is 0.792. The van der Waals surface area contributed by atoms with Crippen LogP contribution in [0.1, 0.15) is 45.2 Å². The molecule has 1 atom stereocenters. The second-order valence-corrected chi connectivity index (χ2v) is 9.01. The Kier molecular flexibility index (Phi) is 4.10. The Bertz CT molecular complexity index is 1120. The van der Waals surface area contributed by atoms with Crippen molar-refractivity contribution in [3.05, 3.63) is 42.6 Å². The number of nitrogen functional groups attached to an aromatic ring is 1. The van der Waals surface area contributed by atoms with Crippen molar-refractivity contribution in [3.63, 3.8) is 0 Å². The van der Waals surface area contributed by atoms with E-state index in [2.05, 4.69) is 22.9 Å². The third-order valence-corrected chi connectivity index (χ3v) is 7.37. The molecule has 8 heteroatoms. The highest BCUT2D eigenvalue weighted by atomic mass is 32.1. The maximum Gasteiger partial charge on any atom is 0.259 e. The first-order valence-corrected chi connectivity index (χ1v) is 10.1. The molecule has 0 unspecified atom stereocenters. The van der Waals surface area contributed by atoms with Crippen LogP contribution in [-0.4, -0.2) is 21.4 Å². The molecule has 0 radical (unpaired) electrons. The predicted molar refractivity (Wildman–Crippen MR) is 106 cm³/mol. The predicted octanol–water partition coefficient (Wildman–Crippen LogP) is 3.24. The minimum atomic E-state index is -0.0662. The fourth-order valence-corrected chi connectivity index (χ4v) is 5.67. The highest BCUT2D eigenvalue weighted by Gasteiger charge is 2.28. The minimum absolute atomic E-state index is 0.0168. The smallest absolute Gasteiger partial charge is 0.259 e. The lowest BCUT2D eigenvalue weighted by Gasteiger charge is -2.31. The number of aromatic amines is 1. The van der Waals surface area contributed by atoms with E-state index in [1.807, 2.05) is 13.8 Å². The van der Waals surface area contributed by atoms with Gasteiger partial charge in [0.1, 0.15) is 21.7 Å². The van der Waals surface area contributed by atoms with Crippen molar-refractivity contribution < 1.29 is 0 Å². The number of H-pyrrole nitrogens is 1. The fraction of sp³-hybridized carbons (Fsp3) is 0.389. The van der Waals surface area contributed by atoms with Gasteiger partial charge < -0.3 is 10.7 Å². The van der Waals surface area contributed by atoms with Crippen LogP contribution in [0.4, 0.5) is 5.00 Å². The molecule has 4 rings (SSSR count). The number of nitrogens with one attached hydrogen (secondary N) is 1. The van der Waals surface area contributed by atoms with Crippen LogP contribution in [0.5, 0.6) is 0 Å². The molecule has 3 aromatic rings. The Labute approximate surface area is 158 Å². The average molecular weight is 386 g/mol. The standard InChI is InChI=1S/C18H19N5OS2/c1-8-10(3)25-18-14(8)17(24)21-16(22-18)9(2)23-5-4-11-12(6-19)15(20)26-13(11)7-23/h9H,4-5,7,20H2,1-3H3,(H,21,22,24)/t9-/m0/s1. The fourth-order valence-electron chi connectivity index (χ4n) is 3.54. The Balaban J connectivity index is 1.68. The number of rotatable bonds is 2. The molecule has 26 heavy (non-hydrogen) atoms. The van der Waals surface area contributed by atoms with Crippen LogP contribution in [0.15, 0.2) is 4.79 Å². The lowest BCUT2D eigenvalue weighted by atomic mass is 10.0. The van der Waals surface area contributed by atoms with Crippen molar-refractivity contribution in [2.45, 2.75) is 39.8 Å². The number of hydrogen-bond donors (Lipinski definition) is 2. The zero-order valence-corrected chi connectivity index (χ0v) is 16.5. The SMILES string of the molecule is Cc1sc2nc([C@H](C)N3CCc4c(sc(N)c4C#N)C3)[nH]c(=O)c2c1C. The molecule has 1 aliphatic heterocycles. The Morgan fingerprint density at radius 2 is 2.15 bits per heavy atom. The first kappa shape index (κ1) is 17.2. The van der Waals surface area contributed by atoms with Gasteiger partial charge in [-0.1, -0.05) is 0 Å². The van der Waals surface area contributed by atoms with Gasteiger partial charge in [0.15, 0.2) is 0 Å². The Morgan fingerprint density at radius 1 is 1.38 bits per heavy atom. The summed E-state index contributed by atoms with van der Waals surface area (Å²) in [5.74, 6) is 0.692. The van der Waals surface area contributed by atoms with Crippen molar-refractivity contribution in [3.8, 4) is 6.07 Å². The van der Waals surface area contributed by atoms with Gasteiger partial charge in [0.2, 0.25) is 0 Å². The molecule has 134 valence electrons. The van der Waals surface area contributed by atoms with Crippen molar-refractivity contribution in [2.24, 2.45) is 0 Å². The summed E-state index contributed by atoms with van der Waals surface area (Å²) in [4.78, 5) is 25.6. The van der Waals surface area contributed by atoms with Crippen LogP contribution < -0.4 is 11.3 Å². The third kappa shape index (κ3) is 2.55. The van der Waals surface area contributed by atoms with E-state index in [-0.39, 0.29) is 11.6 Å². The third-order valence-electron chi connectivity index (χ3n) is 5.23. The number of nitrogens with two attached hydrogens (primary N) is 1. The Hall–Kier alpha value is -2.21. The molecule has 0 amide bonds. The summed E-state index contributed by atoms with van der Waals surface area (Å²) in [5.41, 5.74) is 8.65. The maximum atomic E-state index is 12.5. The molecule has 0 saturated heterocycles. The summed E-state index contributed by atoms with van der Waals surface area (Å²) in [6.45, 7) is 7.57. The molecular weight excluding hydrogens is 366 g/mol. The second kappa shape index (κ2) is 6.20. The van der Waals surface area contributed by atoms with Gasteiger partial charge in [0.25, 0.3) is 5.56 Å². The first-order chi connectivity index (χ1) is 12.4. The largest absolute Gasteiger partial charge is 0.389 e. The van der Waals surface area contributed by atoms with Gasteiger partial charge in [0, 0.05) is 22.8 Å². The van der Waals surface area contributed by atoms with Crippen LogP contribution in [0.3, 0.4) is 0 Å². The molecule has 0 aliphatic carbocycles. The van der Waals surface area contributed by atoms with Crippen LogP contribution >= 0.6 is 22.7 Å². The molecule has 0 saturated carbocycles. The highest BCUT2D eigenvalue weighted by molar-refractivity contribution is 7.18. The Morgan fingerprint density at radius 3 is 2.88 bits per heavy atom. The molecule has 3 N–H and O–H groups in total. The van der Waals surface area contributed by atoms with E-state index in [4.69, 9.17) is 10.7 Å². The maximum absolute atomic E-state index is 12.5. The van der Waals surface area contributed by atoms with Crippen LogP contribution in [0.2, 0.25) is 0 Å². The van der Waals surface area contributed by atoms with Gasteiger partial charge in [-0.15, -0.1) is 22.7 Å². The van der Waals surface area contributed by atoms with E-state index in [1.54, 1.807) is 11.3 Å². The topological polar surface area (TPSA) is 98.8 Å². The molecule has 0 aromatic carbocycles. The summed E-state index contributed by atoms with van der Waals surface area (Å²) in [7, 11) is 0. The zero-order valence-electron chi connectivity index (χ0n) is 14.8. The summed E-state index contributed by atoms with van der Waals surface area (Å²) < 4.78 is 0. The van der Waals surface area contributed by atoms with Crippen molar-refractivity contribution in [2.75, 3.05) is 12.3 Å². The number of anilines is 1. The average Bonchev–Trinajstić information content (AvgIpc) is 3.08. The van der Waals surface area contributed by atoms with Crippen molar-refractivity contribution in [1.29, 1.82) is 5.26 Å². The van der Waals surface area contributed by atoms with Gasteiger partial charge in [-0.05, 0) is 38.3 Å². The van der Waals surface area contributed by atoms with E-state index >= 15 is 0 Å². The van der Waals surface area contributed by atoms with E-state index in [0.29, 0.717) is 21.8 Å². The first-order valence-electron chi connectivity index (χ1n) is 8.44. The number of thiophene rings is 2. The van der Waals surface area contributed by atoms with E-state index in [1.165, 1.54) is 11.3 Å². The van der Waals surface area contributed by atoms with E-state index < -0.39 is 0 Å².